The van der Waals surface area contributed by atoms with Crippen molar-refractivity contribution in [3.05, 3.63) is 0 Å². The van der Waals surface area contributed by atoms with Gasteiger partial charge in [-0.05, 0) is 37.8 Å². The Labute approximate surface area is 106 Å². The molecule has 1 N–H and O–H groups in total. The third-order valence-electron chi connectivity index (χ3n) is 3.22. The van der Waals surface area contributed by atoms with Crippen molar-refractivity contribution in [3.8, 4) is 0 Å². The normalized spacial score (nSPS) is 20.9. The molecule has 102 valence electrons. The SMILES string of the molecule is CCCNCCCS(=O)(=O)N1CCC(C)(C)C1. The van der Waals surface area contributed by atoms with E-state index in [1.807, 2.05) is 0 Å². The Morgan fingerprint density at radius 3 is 2.53 bits per heavy atom. The Morgan fingerprint density at radius 2 is 2.00 bits per heavy atom. The molecule has 0 unspecified atom stereocenters. The fourth-order valence-electron chi connectivity index (χ4n) is 2.11. The van der Waals surface area contributed by atoms with Crippen LogP contribution in [0.4, 0.5) is 0 Å². The molecule has 1 heterocycles. The minimum absolute atomic E-state index is 0.146. The molecule has 0 aromatic carbocycles. The van der Waals surface area contributed by atoms with Crippen molar-refractivity contribution in [3.63, 3.8) is 0 Å². The van der Waals surface area contributed by atoms with E-state index in [1.54, 1.807) is 4.31 Å². The Bertz CT molecular complexity index is 325. The van der Waals surface area contributed by atoms with E-state index in [0.29, 0.717) is 19.5 Å². The van der Waals surface area contributed by atoms with Crippen molar-refractivity contribution in [2.45, 2.75) is 40.0 Å². The predicted octanol–water partition coefficient (Wildman–Crippen LogP) is 1.44. The van der Waals surface area contributed by atoms with Crippen molar-refractivity contribution in [2.24, 2.45) is 5.41 Å². The van der Waals surface area contributed by atoms with E-state index >= 15 is 0 Å². The van der Waals surface area contributed by atoms with Crippen molar-refractivity contribution >= 4 is 10.0 Å². The molecule has 0 radical (unpaired) electrons. The van der Waals surface area contributed by atoms with Gasteiger partial charge in [0.2, 0.25) is 10.0 Å². The van der Waals surface area contributed by atoms with E-state index in [4.69, 9.17) is 0 Å². The molecular formula is C12H26N2O2S. The van der Waals surface area contributed by atoms with Crippen LogP contribution in [-0.2, 0) is 10.0 Å². The predicted molar refractivity (Wildman–Crippen MR) is 71.5 cm³/mol. The average molecular weight is 262 g/mol. The number of hydrogen-bond donors (Lipinski definition) is 1. The van der Waals surface area contributed by atoms with E-state index in [9.17, 15) is 8.42 Å². The average Bonchev–Trinajstić information content (AvgIpc) is 2.59. The van der Waals surface area contributed by atoms with Gasteiger partial charge in [-0.25, -0.2) is 12.7 Å². The van der Waals surface area contributed by atoms with E-state index < -0.39 is 10.0 Å². The minimum atomic E-state index is -3.02. The molecule has 0 aromatic heterocycles. The Balaban J connectivity index is 2.32. The van der Waals surface area contributed by atoms with Gasteiger partial charge in [0, 0.05) is 13.1 Å². The smallest absolute Gasteiger partial charge is 0.214 e. The molecule has 1 rings (SSSR count). The molecule has 0 atom stereocenters. The lowest BCUT2D eigenvalue weighted by molar-refractivity contribution is 0.375. The zero-order valence-electron chi connectivity index (χ0n) is 11.3. The quantitative estimate of drug-likeness (QED) is 0.706. The van der Waals surface area contributed by atoms with Gasteiger partial charge in [-0.2, -0.15) is 0 Å². The summed E-state index contributed by atoms with van der Waals surface area (Å²) in [5.41, 5.74) is 0.146. The first-order valence-corrected chi connectivity index (χ1v) is 8.17. The molecule has 1 aliphatic heterocycles. The molecular weight excluding hydrogens is 236 g/mol. The summed E-state index contributed by atoms with van der Waals surface area (Å²) in [5.74, 6) is 0.278. The molecule has 0 saturated carbocycles. The number of sulfonamides is 1. The second kappa shape index (κ2) is 6.16. The summed E-state index contributed by atoms with van der Waals surface area (Å²) >= 11 is 0. The highest BCUT2D eigenvalue weighted by molar-refractivity contribution is 7.89. The summed E-state index contributed by atoms with van der Waals surface area (Å²) in [6, 6.07) is 0. The molecule has 0 amide bonds. The fourth-order valence-corrected chi connectivity index (χ4v) is 3.79. The van der Waals surface area contributed by atoms with Crippen molar-refractivity contribution in [2.75, 3.05) is 31.9 Å². The van der Waals surface area contributed by atoms with Gasteiger partial charge < -0.3 is 5.32 Å². The zero-order valence-corrected chi connectivity index (χ0v) is 12.1. The lowest BCUT2D eigenvalue weighted by Crippen LogP contribution is -2.33. The van der Waals surface area contributed by atoms with Crippen LogP contribution in [-0.4, -0.2) is 44.7 Å². The summed E-state index contributed by atoms with van der Waals surface area (Å²) in [5, 5.41) is 3.23. The lowest BCUT2D eigenvalue weighted by Gasteiger charge is -2.19. The van der Waals surface area contributed by atoms with Gasteiger partial charge in [-0.1, -0.05) is 20.8 Å². The van der Waals surface area contributed by atoms with Gasteiger partial charge in [0.05, 0.1) is 5.75 Å². The van der Waals surface area contributed by atoms with Crippen molar-refractivity contribution in [1.82, 2.24) is 9.62 Å². The van der Waals surface area contributed by atoms with Crippen LogP contribution >= 0.6 is 0 Å². The fraction of sp³-hybridized carbons (Fsp3) is 1.00. The molecule has 1 saturated heterocycles. The van der Waals surface area contributed by atoms with E-state index in [0.717, 1.165) is 25.9 Å². The van der Waals surface area contributed by atoms with E-state index in [-0.39, 0.29) is 11.2 Å². The molecule has 4 nitrogen and oxygen atoms in total. The molecule has 0 aromatic rings. The highest BCUT2D eigenvalue weighted by Crippen LogP contribution is 2.30. The van der Waals surface area contributed by atoms with Gasteiger partial charge in [-0.15, -0.1) is 0 Å². The van der Waals surface area contributed by atoms with Crippen LogP contribution in [0.3, 0.4) is 0 Å². The van der Waals surface area contributed by atoms with Crippen LogP contribution in [0.1, 0.15) is 40.0 Å². The maximum absolute atomic E-state index is 12.1. The van der Waals surface area contributed by atoms with Gasteiger partial charge >= 0.3 is 0 Å². The van der Waals surface area contributed by atoms with Crippen LogP contribution in [0.15, 0.2) is 0 Å². The maximum atomic E-state index is 12.1. The number of nitrogens with zero attached hydrogens (tertiary/aromatic N) is 1. The van der Waals surface area contributed by atoms with Crippen LogP contribution in [0.2, 0.25) is 0 Å². The van der Waals surface area contributed by atoms with Crippen molar-refractivity contribution in [1.29, 1.82) is 0 Å². The summed E-state index contributed by atoms with van der Waals surface area (Å²) in [6.45, 7) is 9.50. The first kappa shape index (κ1) is 14.9. The van der Waals surface area contributed by atoms with Crippen molar-refractivity contribution < 1.29 is 8.42 Å². The third-order valence-corrected chi connectivity index (χ3v) is 5.12. The Morgan fingerprint density at radius 1 is 1.29 bits per heavy atom. The number of rotatable bonds is 7. The van der Waals surface area contributed by atoms with E-state index in [1.165, 1.54) is 0 Å². The standard InChI is InChI=1S/C12H26N2O2S/c1-4-7-13-8-5-10-17(15,16)14-9-6-12(2,3)11-14/h13H,4-11H2,1-3H3. The summed E-state index contributed by atoms with van der Waals surface area (Å²) < 4.78 is 25.8. The van der Waals surface area contributed by atoms with Gasteiger partial charge in [0.15, 0.2) is 0 Å². The van der Waals surface area contributed by atoms with Crippen LogP contribution in [0, 0.1) is 5.41 Å². The molecule has 0 bridgehead atoms. The Kier molecular flexibility index (Phi) is 5.41. The highest BCUT2D eigenvalue weighted by Gasteiger charge is 2.35. The zero-order chi connectivity index (χ0) is 12.9. The van der Waals surface area contributed by atoms with Gasteiger partial charge in [0.1, 0.15) is 0 Å². The van der Waals surface area contributed by atoms with Crippen LogP contribution in [0.25, 0.3) is 0 Å². The van der Waals surface area contributed by atoms with Gasteiger partial charge in [-0.3, -0.25) is 0 Å². The maximum Gasteiger partial charge on any atom is 0.214 e. The molecule has 17 heavy (non-hydrogen) atoms. The summed E-state index contributed by atoms with van der Waals surface area (Å²) in [7, 11) is -3.02. The third kappa shape index (κ3) is 4.94. The first-order chi connectivity index (χ1) is 7.87. The van der Waals surface area contributed by atoms with Crippen LogP contribution < -0.4 is 5.32 Å². The topological polar surface area (TPSA) is 49.4 Å². The minimum Gasteiger partial charge on any atom is -0.317 e. The molecule has 0 aliphatic carbocycles. The molecule has 1 fully saturated rings. The lowest BCUT2D eigenvalue weighted by atomic mass is 9.93. The van der Waals surface area contributed by atoms with Crippen LogP contribution in [0.5, 0.6) is 0 Å². The second-order valence-electron chi connectivity index (χ2n) is 5.67. The Hall–Kier alpha value is -0.130. The largest absolute Gasteiger partial charge is 0.317 e. The highest BCUT2D eigenvalue weighted by atomic mass is 32.2. The van der Waals surface area contributed by atoms with Gasteiger partial charge in [0.25, 0.3) is 0 Å². The molecule has 0 spiro atoms. The first-order valence-electron chi connectivity index (χ1n) is 6.56. The number of hydrogen-bond acceptors (Lipinski definition) is 3. The molecule has 1 aliphatic rings. The second-order valence-corrected chi connectivity index (χ2v) is 7.76. The van der Waals surface area contributed by atoms with E-state index in [2.05, 4.69) is 26.1 Å². The molecule has 5 heteroatoms. The summed E-state index contributed by atoms with van der Waals surface area (Å²) in [6.07, 6.45) is 2.77. The number of nitrogens with one attached hydrogen (secondary N) is 1. The summed E-state index contributed by atoms with van der Waals surface area (Å²) in [4.78, 5) is 0. The monoisotopic (exact) mass is 262 g/mol.